The number of halogens is 1. The average molecular weight is 117 g/mol. The molecule has 6 heavy (non-hydrogen) atoms. The summed E-state index contributed by atoms with van der Waals surface area (Å²) in [5.74, 6) is 0. The highest BCUT2D eigenvalue weighted by atomic mass is 32.3. The van der Waals surface area contributed by atoms with Crippen LogP contribution in [0, 0.1) is 0 Å². The first-order valence-corrected chi connectivity index (χ1v) is 2.15. The zero-order valence-electron chi connectivity index (χ0n) is 3.42. The molecule has 38 valence electrons. The fourth-order valence-electron chi connectivity index (χ4n) is 0. The number of hydrogen-bond donors (Lipinski definition) is 1. The fraction of sp³-hybridized carbons (Fsp3) is 0. The van der Waals surface area contributed by atoms with Crippen LogP contribution in [0.2, 0.25) is 0 Å². The van der Waals surface area contributed by atoms with E-state index in [0.717, 1.165) is 0 Å². The lowest BCUT2D eigenvalue weighted by molar-refractivity contribution is -0.0113. The molecule has 0 aliphatic heterocycles. The highest BCUT2D eigenvalue weighted by Crippen LogP contribution is 1.81. The first-order valence-electron chi connectivity index (χ1n) is 1.23. The summed E-state index contributed by atoms with van der Waals surface area (Å²) in [4.78, 5) is 0. The Balaban J connectivity index is 3.89. The van der Waals surface area contributed by atoms with Crippen molar-refractivity contribution in [2.45, 2.75) is 0 Å². The van der Waals surface area contributed by atoms with Crippen LogP contribution in [0.3, 0.4) is 0 Å². The molecule has 0 amide bonds. The standard InChI is InChI=1S/FHO4S/c1-5-6(2,3)4/h(H,2,3,4)/i/hD. The molecule has 4 nitrogen and oxygen atoms in total. The third-order valence-electron chi connectivity index (χ3n) is 0.0772. The van der Waals surface area contributed by atoms with E-state index in [2.05, 4.69) is 8.94 Å². The predicted octanol–water partition coefficient (Wildman–Crippen LogP) is -0.310. The van der Waals surface area contributed by atoms with Crippen molar-refractivity contribution in [3.63, 3.8) is 0 Å². The van der Waals surface area contributed by atoms with Crippen molar-refractivity contribution >= 4 is 10.4 Å². The zero-order valence-corrected chi connectivity index (χ0v) is 3.24. The van der Waals surface area contributed by atoms with Gasteiger partial charge in [-0.15, -0.1) is 0 Å². The summed E-state index contributed by atoms with van der Waals surface area (Å²) in [6, 6.07) is 0. The minimum Gasteiger partial charge on any atom is -0.262 e. The van der Waals surface area contributed by atoms with E-state index in [9.17, 15) is 12.9 Å². The summed E-state index contributed by atoms with van der Waals surface area (Å²) in [7, 11) is -4.66. The topological polar surface area (TPSA) is 63.6 Å². The Labute approximate surface area is 34.9 Å². The molecule has 0 aromatic carbocycles. The predicted molar refractivity (Wildman–Crippen MR) is 13.7 cm³/mol. The van der Waals surface area contributed by atoms with Crippen molar-refractivity contribution in [2.75, 3.05) is 0 Å². The molecular formula is HFO4S. The van der Waals surface area contributed by atoms with Crippen LogP contribution in [-0.2, 0) is 14.8 Å². The second-order valence-corrected chi connectivity index (χ2v) is 1.41. The van der Waals surface area contributed by atoms with E-state index < -0.39 is 10.4 Å². The largest absolute Gasteiger partial charge is 0.428 e. The molecule has 0 unspecified atom stereocenters. The molecule has 0 saturated carbocycles. The summed E-state index contributed by atoms with van der Waals surface area (Å²) < 4.78 is 39.6. The second kappa shape index (κ2) is 1.50. The molecule has 0 aliphatic carbocycles. The minimum atomic E-state index is -4.66. The van der Waals surface area contributed by atoms with Gasteiger partial charge >= 0.3 is 10.4 Å². The quantitative estimate of drug-likeness (QED) is 0.504. The molecular weight excluding hydrogens is 115 g/mol. The van der Waals surface area contributed by atoms with Crippen molar-refractivity contribution in [1.29, 1.82) is 1.43 Å². The van der Waals surface area contributed by atoms with Gasteiger partial charge in [-0.3, -0.25) is 4.56 Å². The van der Waals surface area contributed by atoms with E-state index in [0.29, 0.717) is 0 Å². The monoisotopic (exact) mass is 117 g/mol. The minimum absolute atomic E-state index is 2.15. The van der Waals surface area contributed by atoms with Crippen molar-refractivity contribution < 1.29 is 21.9 Å². The lowest BCUT2D eigenvalue weighted by Crippen LogP contribution is -1.93. The summed E-state index contributed by atoms with van der Waals surface area (Å²) >= 11 is 0. The molecule has 0 rings (SSSR count). The third-order valence-corrected chi connectivity index (χ3v) is 0.231. The van der Waals surface area contributed by atoms with Gasteiger partial charge < -0.3 is 0 Å². The van der Waals surface area contributed by atoms with E-state index in [4.69, 9.17) is 1.43 Å². The van der Waals surface area contributed by atoms with Crippen LogP contribution in [0.5, 0.6) is 0 Å². The molecule has 0 atom stereocenters. The molecule has 0 aromatic rings. The lowest BCUT2D eigenvalue weighted by atomic mass is 15.6. The van der Waals surface area contributed by atoms with E-state index >= 15 is 0 Å². The first kappa shape index (κ1) is 3.97. The molecule has 0 fully saturated rings. The van der Waals surface area contributed by atoms with Crippen LogP contribution in [-0.4, -0.2) is 13.0 Å². The molecule has 0 heterocycles. The Hall–Kier alpha value is -0.200. The highest BCUT2D eigenvalue weighted by Gasteiger charge is 1.99. The Bertz CT molecular complexity index is 115. The normalized spacial score (nSPS) is 13.8. The fourth-order valence-corrected chi connectivity index (χ4v) is 0. The van der Waals surface area contributed by atoms with Gasteiger partial charge in [-0.2, -0.15) is 8.42 Å². The van der Waals surface area contributed by atoms with E-state index in [-0.39, 0.29) is 0 Å². The lowest BCUT2D eigenvalue weighted by Gasteiger charge is -1.75. The van der Waals surface area contributed by atoms with Gasteiger partial charge in [0, 0.05) is 0 Å². The zero-order chi connectivity index (χ0) is 5.91. The Kier molecular flexibility index (Phi) is 0.992. The number of rotatable bonds is 2. The van der Waals surface area contributed by atoms with Gasteiger partial charge in [0.1, 0.15) is 0 Å². The molecule has 1 N–H and O–H groups in total. The smallest absolute Gasteiger partial charge is 0.262 e. The molecule has 0 aliphatic rings. The van der Waals surface area contributed by atoms with Gasteiger partial charge in [-0.05, 0) is 8.91 Å². The van der Waals surface area contributed by atoms with Crippen LogP contribution in [0.25, 0.3) is 1.43 Å². The summed E-state index contributed by atoms with van der Waals surface area (Å²) in [5, 5.41) is 0. The van der Waals surface area contributed by atoms with Gasteiger partial charge in [0.05, 0.1) is 0 Å². The Morgan fingerprint density at radius 1 is 2.00 bits per heavy atom. The molecule has 0 spiro atoms. The van der Waals surface area contributed by atoms with Gasteiger partial charge in [-0.25, -0.2) is 0 Å². The van der Waals surface area contributed by atoms with Gasteiger partial charge in [0.25, 0.3) is 0 Å². The molecule has 0 aromatic heterocycles. The molecule has 0 bridgehead atoms. The Morgan fingerprint density at radius 3 is 2.50 bits per heavy atom. The van der Waals surface area contributed by atoms with E-state index in [1.165, 1.54) is 0 Å². The maximum absolute atomic E-state index is 10.4. The van der Waals surface area contributed by atoms with Crippen molar-refractivity contribution in [3.8, 4) is 0 Å². The van der Waals surface area contributed by atoms with Gasteiger partial charge in [0.2, 0.25) is 1.43 Å². The van der Waals surface area contributed by atoms with Gasteiger partial charge in [-0.1, -0.05) is 0 Å². The Morgan fingerprint density at radius 2 is 2.50 bits per heavy atom. The third kappa shape index (κ3) is 3.80. The summed E-state index contributed by atoms with van der Waals surface area (Å²) in [6.07, 6.45) is 0. The molecule has 0 saturated heterocycles. The van der Waals surface area contributed by atoms with Crippen LogP contribution < -0.4 is 0 Å². The summed E-state index contributed by atoms with van der Waals surface area (Å²) in [6.45, 7) is 0. The maximum atomic E-state index is 10.4. The molecule has 6 heteroatoms. The summed E-state index contributed by atoms with van der Waals surface area (Å²) in [5.41, 5.74) is 0. The van der Waals surface area contributed by atoms with E-state index in [1.807, 2.05) is 0 Å². The second-order valence-electron chi connectivity index (χ2n) is 0.471. The van der Waals surface area contributed by atoms with Crippen molar-refractivity contribution in [3.05, 3.63) is 0 Å². The number of hydrogen-bond acceptors (Lipinski definition) is 4. The van der Waals surface area contributed by atoms with Crippen LogP contribution >= 0.6 is 0 Å². The first-order chi connectivity index (χ1) is 3.12. The van der Waals surface area contributed by atoms with Gasteiger partial charge in [0.15, 0.2) is 0 Å². The highest BCUT2D eigenvalue weighted by molar-refractivity contribution is 7.80. The molecule has 0 radical (unpaired) electrons. The van der Waals surface area contributed by atoms with E-state index in [1.54, 1.807) is 0 Å². The van der Waals surface area contributed by atoms with Crippen LogP contribution in [0.15, 0.2) is 0 Å². The van der Waals surface area contributed by atoms with Crippen molar-refractivity contribution in [1.82, 2.24) is 0 Å². The van der Waals surface area contributed by atoms with Crippen LogP contribution in [0.1, 0.15) is 0 Å². The van der Waals surface area contributed by atoms with Crippen LogP contribution in [0.4, 0.5) is 4.53 Å². The average Bonchev–Trinajstić information content (AvgIpc) is 1.68. The SMILES string of the molecule is [2H]OS(=O)(=O)OF. The maximum Gasteiger partial charge on any atom is 0.428 e. The van der Waals surface area contributed by atoms with Crippen molar-refractivity contribution in [2.24, 2.45) is 0 Å².